The average molecular weight is 557 g/mol. The van der Waals surface area contributed by atoms with Crippen molar-refractivity contribution < 1.29 is 14.2 Å². The van der Waals surface area contributed by atoms with Crippen LogP contribution in [0.1, 0.15) is 27.7 Å². The van der Waals surface area contributed by atoms with Crippen molar-refractivity contribution in [2.24, 2.45) is 0 Å². The molecule has 0 aliphatic carbocycles. The van der Waals surface area contributed by atoms with E-state index in [0.717, 1.165) is 17.2 Å². The zero-order valence-corrected chi connectivity index (χ0v) is 24.4. The highest BCUT2D eigenvalue weighted by Gasteiger charge is 2.38. The predicted octanol–water partition coefficient (Wildman–Crippen LogP) is 9.23. The molecular formula is C33H34NO3S2+. The van der Waals surface area contributed by atoms with Gasteiger partial charge in [0.15, 0.2) is 14.7 Å². The van der Waals surface area contributed by atoms with Gasteiger partial charge in [-0.3, -0.25) is 0 Å². The SMILES string of the molecule is C=CC1=C(/C=C\C)[S+](c2ccc(Oc3ccc(OCC(C)Oc4ccccn4)cc3)cc2)C(/C=C\C)=C(C)S1. The lowest BCUT2D eigenvalue weighted by molar-refractivity contribution is 0.138. The molecule has 1 aliphatic rings. The summed E-state index contributed by atoms with van der Waals surface area (Å²) in [6.45, 7) is 12.8. The second-order valence-corrected chi connectivity index (χ2v) is 11.9. The van der Waals surface area contributed by atoms with E-state index in [1.807, 2.05) is 67.6 Å². The number of aromatic nitrogens is 1. The summed E-state index contributed by atoms with van der Waals surface area (Å²) < 4.78 is 17.8. The van der Waals surface area contributed by atoms with Crippen LogP contribution in [0.4, 0.5) is 0 Å². The number of pyridine rings is 1. The Hall–Kier alpha value is -3.61. The molecule has 0 N–H and O–H groups in total. The Labute approximate surface area is 239 Å². The maximum absolute atomic E-state index is 6.13. The second kappa shape index (κ2) is 14.0. The fourth-order valence-corrected chi connectivity index (χ4v) is 7.69. The van der Waals surface area contributed by atoms with Gasteiger partial charge in [-0.05, 0) is 94.4 Å². The van der Waals surface area contributed by atoms with Gasteiger partial charge in [-0.15, -0.1) is 0 Å². The number of rotatable bonds is 11. The number of benzene rings is 2. The van der Waals surface area contributed by atoms with Crippen LogP contribution in [0.2, 0.25) is 0 Å². The summed E-state index contributed by atoms with van der Waals surface area (Å²) in [5.41, 5.74) is 0. The second-order valence-electron chi connectivity index (χ2n) is 8.71. The van der Waals surface area contributed by atoms with E-state index in [4.69, 9.17) is 14.2 Å². The van der Waals surface area contributed by atoms with Gasteiger partial charge in [0.05, 0.1) is 4.91 Å². The standard InChI is InChI=1S/C33H34NO3S2/c1-6-11-31-25(5)38-30(8-3)32(12-7-2)39(31)29-20-18-28(19-21-29)37-27-16-14-26(15-17-27)35-23-24(4)36-33-13-9-10-22-34-33/h6-22,24H,3,23H2,1-2,4-5H3/q+1/b11-6-,12-7-. The highest BCUT2D eigenvalue weighted by atomic mass is 32.2. The molecule has 0 radical (unpaired) electrons. The summed E-state index contributed by atoms with van der Waals surface area (Å²) in [5.74, 6) is 2.88. The van der Waals surface area contributed by atoms with E-state index in [2.05, 4.69) is 68.8 Å². The lowest BCUT2D eigenvalue weighted by Crippen LogP contribution is -2.21. The molecule has 0 saturated carbocycles. The first-order valence-electron chi connectivity index (χ1n) is 12.9. The molecule has 1 aromatic heterocycles. The largest absolute Gasteiger partial charge is 0.490 e. The number of thioether (sulfide) groups is 1. The molecule has 0 bridgehead atoms. The van der Waals surface area contributed by atoms with Gasteiger partial charge in [-0.2, -0.15) is 0 Å². The van der Waals surface area contributed by atoms with Crippen molar-refractivity contribution in [2.45, 2.75) is 38.7 Å². The van der Waals surface area contributed by atoms with Gasteiger partial charge in [-0.25, -0.2) is 4.98 Å². The van der Waals surface area contributed by atoms with Gasteiger partial charge in [0.25, 0.3) is 0 Å². The average Bonchev–Trinajstić information content (AvgIpc) is 2.95. The summed E-state index contributed by atoms with van der Waals surface area (Å²) in [4.78, 5) is 10.6. The van der Waals surface area contributed by atoms with Crippen molar-refractivity contribution in [3.05, 3.63) is 130 Å². The molecule has 0 saturated heterocycles. The molecule has 0 fully saturated rings. The first kappa shape index (κ1) is 28.4. The minimum Gasteiger partial charge on any atom is -0.490 e. The molecule has 6 heteroatoms. The Morgan fingerprint density at radius 2 is 1.54 bits per heavy atom. The van der Waals surface area contributed by atoms with Crippen molar-refractivity contribution in [3.8, 4) is 23.1 Å². The number of allylic oxidation sites excluding steroid dienone is 6. The van der Waals surface area contributed by atoms with E-state index in [0.29, 0.717) is 12.5 Å². The summed E-state index contributed by atoms with van der Waals surface area (Å²) in [6, 6.07) is 21.6. The van der Waals surface area contributed by atoms with Crippen LogP contribution in [0.15, 0.2) is 134 Å². The van der Waals surface area contributed by atoms with Crippen molar-refractivity contribution in [3.63, 3.8) is 0 Å². The summed E-state index contributed by atoms with van der Waals surface area (Å²) in [6.07, 6.45) is 12.2. The van der Waals surface area contributed by atoms with Crippen LogP contribution in [0.3, 0.4) is 0 Å². The Kier molecular flexibility index (Phi) is 10.2. The van der Waals surface area contributed by atoms with Crippen LogP contribution >= 0.6 is 11.8 Å². The first-order valence-corrected chi connectivity index (χ1v) is 14.9. The number of nitrogens with zero attached hydrogens (tertiary/aromatic N) is 1. The van der Waals surface area contributed by atoms with E-state index in [9.17, 15) is 0 Å². The molecule has 2 unspecified atom stereocenters. The predicted molar refractivity (Wildman–Crippen MR) is 166 cm³/mol. The molecule has 4 nitrogen and oxygen atoms in total. The van der Waals surface area contributed by atoms with E-state index < -0.39 is 0 Å². The van der Waals surface area contributed by atoms with Crippen LogP contribution in [0.25, 0.3) is 0 Å². The molecule has 1 aliphatic heterocycles. The van der Waals surface area contributed by atoms with Gasteiger partial charge in [0.1, 0.15) is 40.9 Å². The molecule has 0 spiro atoms. The van der Waals surface area contributed by atoms with Crippen molar-refractivity contribution in [2.75, 3.05) is 6.61 Å². The van der Waals surface area contributed by atoms with Gasteiger partial charge in [-0.1, -0.05) is 42.6 Å². The van der Waals surface area contributed by atoms with Gasteiger partial charge in [0.2, 0.25) is 5.88 Å². The third-order valence-electron chi connectivity index (χ3n) is 5.68. The van der Waals surface area contributed by atoms with Crippen molar-refractivity contribution in [1.82, 2.24) is 4.98 Å². The minimum atomic E-state index is -0.214. The van der Waals surface area contributed by atoms with E-state index >= 15 is 0 Å². The quantitative estimate of drug-likeness (QED) is 0.220. The van der Waals surface area contributed by atoms with Gasteiger partial charge in [0, 0.05) is 17.2 Å². The third kappa shape index (κ3) is 7.49. The molecule has 39 heavy (non-hydrogen) atoms. The van der Waals surface area contributed by atoms with E-state index in [1.54, 1.807) is 18.0 Å². The van der Waals surface area contributed by atoms with E-state index in [-0.39, 0.29) is 17.0 Å². The van der Waals surface area contributed by atoms with Crippen LogP contribution in [-0.2, 0) is 10.9 Å². The van der Waals surface area contributed by atoms with Gasteiger partial charge >= 0.3 is 0 Å². The van der Waals surface area contributed by atoms with Crippen molar-refractivity contribution >= 4 is 22.7 Å². The Bertz CT molecular complexity index is 1370. The van der Waals surface area contributed by atoms with Crippen LogP contribution in [-0.4, -0.2) is 17.7 Å². The van der Waals surface area contributed by atoms with Crippen LogP contribution in [0, 0.1) is 0 Å². The fourth-order valence-electron chi connectivity index (χ4n) is 3.92. The summed E-state index contributed by atoms with van der Waals surface area (Å²) in [5, 5.41) is 0. The normalized spacial score (nSPS) is 16.6. The smallest absolute Gasteiger partial charge is 0.213 e. The summed E-state index contributed by atoms with van der Waals surface area (Å²) >= 11 is 1.79. The molecule has 2 atom stereocenters. The molecular weight excluding hydrogens is 523 g/mol. The summed E-state index contributed by atoms with van der Waals surface area (Å²) in [7, 11) is -0.214. The van der Waals surface area contributed by atoms with Gasteiger partial charge < -0.3 is 14.2 Å². The molecule has 2 heterocycles. The van der Waals surface area contributed by atoms with Crippen LogP contribution < -0.4 is 14.2 Å². The first-order chi connectivity index (χ1) is 19.0. The monoisotopic (exact) mass is 556 g/mol. The molecule has 200 valence electrons. The highest BCUT2D eigenvalue weighted by molar-refractivity contribution is 8.12. The third-order valence-corrected chi connectivity index (χ3v) is 9.49. The highest BCUT2D eigenvalue weighted by Crippen LogP contribution is 2.46. The zero-order valence-electron chi connectivity index (χ0n) is 22.8. The maximum atomic E-state index is 6.13. The Morgan fingerprint density at radius 1 is 0.897 bits per heavy atom. The minimum absolute atomic E-state index is 0.129. The number of ether oxygens (including phenoxy) is 3. The number of hydrogen-bond acceptors (Lipinski definition) is 5. The van der Waals surface area contributed by atoms with Crippen molar-refractivity contribution in [1.29, 1.82) is 0 Å². The molecule has 2 aromatic carbocycles. The molecule has 4 rings (SSSR count). The fraction of sp³-hybridized carbons (Fsp3) is 0.182. The zero-order chi connectivity index (χ0) is 27.6. The Morgan fingerprint density at radius 3 is 2.15 bits per heavy atom. The lowest BCUT2D eigenvalue weighted by Gasteiger charge is -2.19. The lowest BCUT2D eigenvalue weighted by atomic mass is 10.3. The number of hydrogen-bond donors (Lipinski definition) is 0. The Balaban J connectivity index is 1.42. The topological polar surface area (TPSA) is 40.6 Å². The van der Waals surface area contributed by atoms with E-state index in [1.165, 1.54) is 24.5 Å². The van der Waals surface area contributed by atoms with Crippen LogP contribution in [0.5, 0.6) is 23.1 Å². The molecule has 0 amide bonds. The molecule has 3 aromatic rings. The maximum Gasteiger partial charge on any atom is 0.213 e.